The summed E-state index contributed by atoms with van der Waals surface area (Å²) in [7, 11) is 1.61. The first-order valence-electron chi connectivity index (χ1n) is 7.14. The van der Waals surface area contributed by atoms with Gasteiger partial charge in [-0.2, -0.15) is 0 Å². The van der Waals surface area contributed by atoms with Crippen LogP contribution >= 0.6 is 0 Å². The molecule has 3 N–H and O–H groups in total. The summed E-state index contributed by atoms with van der Waals surface area (Å²) in [6.45, 7) is 6.70. The fourth-order valence-corrected chi connectivity index (χ4v) is 2.20. The molecule has 0 amide bonds. The Morgan fingerprint density at radius 3 is 2.65 bits per heavy atom. The maximum absolute atomic E-state index is 10.4. The van der Waals surface area contributed by atoms with E-state index in [4.69, 9.17) is 9.84 Å². The van der Waals surface area contributed by atoms with Crippen LogP contribution in [-0.2, 0) is 0 Å². The lowest BCUT2D eigenvalue weighted by Gasteiger charge is -2.30. The van der Waals surface area contributed by atoms with E-state index in [0.29, 0.717) is 18.7 Å². The second kappa shape index (κ2) is 7.62. The highest BCUT2D eigenvalue weighted by Gasteiger charge is 2.23. The van der Waals surface area contributed by atoms with Gasteiger partial charge in [-0.3, -0.25) is 0 Å². The van der Waals surface area contributed by atoms with Gasteiger partial charge < -0.3 is 20.3 Å². The van der Waals surface area contributed by atoms with Crippen LogP contribution < -0.4 is 10.1 Å². The fraction of sp³-hybridized carbons (Fsp3) is 0.625. The predicted octanol–water partition coefficient (Wildman–Crippen LogP) is 2.18. The standard InChI is InChI=1S/C16H27NO3/c1-5-16(3,8-9-18)17-11-14(19)13-10-12(2)6-7-15(13)20-4/h6-7,10,14,17-19H,5,8-9,11H2,1-4H3. The molecule has 2 unspecified atom stereocenters. The lowest BCUT2D eigenvalue weighted by molar-refractivity contribution is 0.142. The van der Waals surface area contributed by atoms with Crippen LogP contribution in [0.15, 0.2) is 18.2 Å². The molecule has 2 atom stereocenters. The zero-order valence-electron chi connectivity index (χ0n) is 12.9. The van der Waals surface area contributed by atoms with E-state index in [0.717, 1.165) is 17.5 Å². The number of β-amino-alcohol motifs (C(OH)–C–C–N with tert-alkyl or cyclic N) is 1. The molecule has 0 heterocycles. The summed E-state index contributed by atoms with van der Waals surface area (Å²) in [5.74, 6) is 0.699. The van der Waals surface area contributed by atoms with Crippen LogP contribution in [0.2, 0.25) is 0 Å². The van der Waals surface area contributed by atoms with Crippen LogP contribution in [-0.4, -0.2) is 36.0 Å². The summed E-state index contributed by atoms with van der Waals surface area (Å²) in [6, 6.07) is 5.78. The zero-order chi connectivity index (χ0) is 15.2. The van der Waals surface area contributed by atoms with E-state index in [1.807, 2.05) is 25.1 Å². The summed E-state index contributed by atoms with van der Waals surface area (Å²) >= 11 is 0. The minimum atomic E-state index is -0.630. The van der Waals surface area contributed by atoms with Gasteiger partial charge in [0.2, 0.25) is 0 Å². The SMILES string of the molecule is CCC(C)(CCO)NCC(O)c1cc(C)ccc1OC. The van der Waals surface area contributed by atoms with E-state index < -0.39 is 6.10 Å². The highest BCUT2D eigenvalue weighted by Crippen LogP contribution is 2.26. The molecular weight excluding hydrogens is 254 g/mol. The maximum atomic E-state index is 10.4. The molecule has 0 radical (unpaired) electrons. The molecule has 1 aromatic carbocycles. The van der Waals surface area contributed by atoms with Gasteiger partial charge in [-0.05, 0) is 38.8 Å². The molecule has 0 aliphatic heterocycles. The number of rotatable bonds is 8. The molecule has 0 saturated carbocycles. The van der Waals surface area contributed by atoms with Gasteiger partial charge in [0, 0.05) is 24.3 Å². The topological polar surface area (TPSA) is 61.7 Å². The van der Waals surface area contributed by atoms with Crippen molar-refractivity contribution in [2.75, 3.05) is 20.3 Å². The molecule has 0 aromatic heterocycles. The Bertz CT molecular complexity index is 422. The van der Waals surface area contributed by atoms with Gasteiger partial charge >= 0.3 is 0 Å². The lowest BCUT2D eigenvalue weighted by atomic mass is 9.94. The van der Waals surface area contributed by atoms with Crippen molar-refractivity contribution in [3.63, 3.8) is 0 Å². The molecule has 1 rings (SSSR count). The van der Waals surface area contributed by atoms with Crippen molar-refractivity contribution < 1.29 is 14.9 Å². The monoisotopic (exact) mass is 281 g/mol. The van der Waals surface area contributed by atoms with Crippen LogP contribution in [0.4, 0.5) is 0 Å². The van der Waals surface area contributed by atoms with Crippen LogP contribution in [0.5, 0.6) is 5.75 Å². The Morgan fingerprint density at radius 1 is 1.40 bits per heavy atom. The molecule has 1 aromatic rings. The van der Waals surface area contributed by atoms with E-state index in [-0.39, 0.29) is 12.1 Å². The average Bonchev–Trinajstić information content (AvgIpc) is 2.45. The van der Waals surface area contributed by atoms with Gasteiger partial charge in [-0.1, -0.05) is 18.6 Å². The van der Waals surface area contributed by atoms with E-state index in [1.165, 1.54) is 0 Å². The minimum Gasteiger partial charge on any atom is -0.496 e. The van der Waals surface area contributed by atoms with Crippen LogP contribution in [0, 0.1) is 6.92 Å². The highest BCUT2D eigenvalue weighted by molar-refractivity contribution is 5.38. The first kappa shape index (κ1) is 17.0. The smallest absolute Gasteiger partial charge is 0.124 e. The first-order valence-corrected chi connectivity index (χ1v) is 7.14. The van der Waals surface area contributed by atoms with E-state index in [9.17, 15) is 5.11 Å². The Hall–Kier alpha value is -1.10. The van der Waals surface area contributed by atoms with E-state index in [2.05, 4.69) is 19.2 Å². The molecule has 0 fully saturated rings. The number of nitrogens with one attached hydrogen (secondary N) is 1. The lowest BCUT2D eigenvalue weighted by Crippen LogP contribution is -2.44. The number of benzene rings is 1. The number of aliphatic hydroxyl groups is 2. The summed E-state index contributed by atoms with van der Waals surface area (Å²) in [5, 5.41) is 22.8. The van der Waals surface area contributed by atoms with Gasteiger partial charge in [0.25, 0.3) is 0 Å². The highest BCUT2D eigenvalue weighted by atomic mass is 16.5. The number of aliphatic hydroxyl groups excluding tert-OH is 2. The quantitative estimate of drug-likeness (QED) is 0.683. The molecule has 0 aliphatic carbocycles. The van der Waals surface area contributed by atoms with E-state index in [1.54, 1.807) is 7.11 Å². The molecular formula is C16H27NO3. The Morgan fingerprint density at radius 2 is 2.10 bits per heavy atom. The number of hydrogen-bond donors (Lipinski definition) is 3. The van der Waals surface area contributed by atoms with Crippen LogP contribution in [0.25, 0.3) is 0 Å². The molecule has 4 nitrogen and oxygen atoms in total. The Balaban J connectivity index is 2.76. The summed E-state index contributed by atoms with van der Waals surface area (Å²) in [5.41, 5.74) is 1.73. The third kappa shape index (κ3) is 4.47. The number of methoxy groups -OCH3 is 1. The minimum absolute atomic E-state index is 0.140. The molecule has 4 heteroatoms. The third-order valence-electron chi connectivity index (χ3n) is 3.91. The average molecular weight is 281 g/mol. The van der Waals surface area contributed by atoms with Crippen molar-refractivity contribution in [1.29, 1.82) is 0 Å². The third-order valence-corrected chi connectivity index (χ3v) is 3.91. The van der Waals surface area contributed by atoms with Gasteiger partial charge in [0.1, 0.15) is 5.75 Å². The van der Waals surface area contributed by atoms with Crippen molar-refractivity contribution in [2.45, 2.75) is 45.3 Å². The van der Waals surface area contributed by atoms with E-state index >= 15 is 0 Å². The fourth-order valence-electron chi connectivity index (χ4n) is 2.20. The van der Waals surface area contributed by atoms with Gasteiger partial charge in [0.05, 0.1) is 13.2 Å². The predicted molar refractivity (Wildman–Crippen MR) is 81.1 cm³/mol. The van der Waals surface area contributed by atoms with Crippen LogP contribution in [0.3, 0.4) is 0 Å². The Kier molecular flexibility index (Phi) is 6.46. The second-order valence-corrected chi connectivity index (χ2v) is 5.53. The number of ether oxygens (including phenoxy) is 1. The largest absolute Gasteiger partial charge is 0.496 e. The molecule has 20 heavy (non-hydrogen) atoms. The normalized spacial score (nSPS) is 15.7. The van der Waals surface area contributed by atoms with Gasteiger partial charge in [-0.15, -0.1) is 0 Å². The molecule has 114 valence electrons. The first-order chi connectivity index (χ1) is 9.45. The molecule has 0 aliphatic rings. The summed E-state index contributed by atoms with van der Waals surface area (Å²) in [4.78, 5) is 0. The van der Waals surface area contributed by atoms with Crippen molar-refractivity contribution in [1.82, 2.24) is 5.32 Å². The van der Waals surface area contributed by atoms with Gasteiger partial charge in [-0.25, -0.2) is 0 Å². The van der Waals surface area contributed by atoms with Crippen molar-refractivity contribution in [3.05, 3.63) is 29.3 Å². The van der Waals surface area contributed by atoms with Gasteiger partial charge in [0.15, 0.2) is 0 Å². The molecule has 0 spiro atoms. The van der Waals surface area contributed by atoms with Crippen molar-refractivity contribution >= 4 is 0 Å². The summed E-state index contributed by atoms with van der Waals surface area (Å²) in [6.07, 6.45) is 0.932. The summed E-state index contributed by atoms with van der Waals surface area (Å²) < 4.78 is 5.30. The number of hydrogen-bond acceptors (Lipinski definition) is 4. The second-order valence-electron chi connectivity index (χ2n) is 5.53. The molecule has 0 saturated heterocycles. The number of aryl methyl sites for hydroxylation is 1. The van der Waals surface area contributed by atoms with Crippen molar-refractivity contribution in [3.8, 4) is 5.75 Å². The van der Waals surface area contributed by atoms with Crippen molar-refractivity contribution in [2.24, 2.45) is 0 Å². The maximum Gasteiger partial charge on any atom is 0.124 e. The zero-order valence-corrected chi connectivity index (χ0v) is 12.9. The molecule has 0 bridgehead atoms. The Labute approximate surface area is 121 Å². The van der Waals surface area contributed by atoms with Crippen LogP contribution in [0.1, 0.15) is 43.9 Å².